The van der Waals surface area contributed by atoms with E-state index < -0.39 is 0 Å². The minimum absolute atomic E-state index is 0.135. The van der Waals surface area contributed by atoms with Crippen LogP contribution in [0.5, 0.6) is 0 Å². The Bertz CT molecular complexity index is 557. The first kappa shape index (κ1) is 15.3. The minimum Gasteiger partial charge on any atom is -0.384 e. The molecule has 0 atom stereocenters. The van der Waals surface area contributed by atoms with Crippen molar-refractivity contribution in [2.45, 2.75) is 25.8 Å². The van der Waals surface area contributed by atoms with Gasteiger partial charge in [-0.2, -0.15) is 0 Å². The highest BCUT2D eigenvalue weighted by molar-refractivity contribution is 5.74. The van der Waals surface area contributed by atoms with Crippen molar-refractivity contribution in [2.75, 3.05) is 19.7 Å². The SMILES string of the molecule is O=C(NCc1cc(C#CCO)ccc1F)N1CCCCC1. The number of aliphatic hydroxyl groups excluding tert-OH is 1. The van der Waals surface area contributed by atoms with Crippen molar-refractivity contribution in [3.63, 3.8) is 0 Å². The molecule has 1 saturated heterocycles. The molecular formula is C16H19FN2O2. The number of piperidine rings is 1. The lowest BCUT2D eigenvalue weighted by atomic mass is 10.1. The molecule has 112 valence electrons. The van der Waals surface area contributed by atoms with Crippen molar-refractivity contribution in [3.05, 3.63) is 35.1 Å². The van der Waals surface area contributed by atoms with E-state index in [9.17, 15) is 9.18 Å². The van der Waals surface area contributed by atoms with Crippen LogP contribution >= 0.6 is 0 Å². The number of amides is 2. The van der Waals surface area contributed by atoms with Gasteiger partial charge in [-0.05, 0) is 37.5 Å². The number of benzene rings is 1. The first-order valence-corrected chi connectivity index (χ1v) is 7.11. The van der Waals surface area contributed by atoms with Crippen molar-refractivity contribution < 1.29 is 14.3 Å². The molecule has 1 aromatic carbocycles. The van der Waals surface area contributed by atoms with Crippen LogP contribution in [0.1, 0.15) is 30.4 Å². The molecule has 1 aliphatic rings. The lowest BCUT2D eigenvalue weighted by Gasteiger charge is -2.26. The van der Waals surface area contributed by atoms with Gasteiger partial charge in [-0.3, -0.25) is 0 Å². The van der Waals surface area contributed by atoms with E-state index in [4.69, 9.17) is 5.11 Å². The molecule has 2 N–H and O–H groups in total. The molecule has 0 radical (unpaired) electrons. The molecule has 0 aliphatic carbocycles. The van der Waals surface area contributed by atoms with Gasteiger partial charge in [0.25, 0.3) is 0 Å². The largest absolute Gasteiger partial charge is 0.384 e. The zero-order chi connectivity index (χ0) is 15.1. The summed E-state index contributed by atoms with van der Waals surface area (Å²) in [5, 5.41) is 11.4. The van der Waals surface area contributed by atoms with Gasteiger partial charge in [0.15, 0.2) is 0 Å². The van der Waals surface area contributed by atoms with Gasteiger partial charge in [-0.25, -0.2) is 9.18 Å². The molecule has 21 heavy (non-hydrogen) atoms. The summed E-state index contributed by atoms with van der Waals surface area (Å²) >= 11 is 0. The van der Waals surface area contributed by atoms with Crippen LogP contribution in [0.15, 0.2) is 18.2 Å². The lowest BCUT2D eigenvalue weighted by Crippen LogP contribution is -2.42. The molecule has 1 fully saturated rings. The second-order valence-electron chi connectivity index (χ2n) is 4.97. The predicted molar refractivity (Wildman–Crippen MR) is 78.0 cm³/mol. The van der Waals surface area contributed by atoms with Crippen LogP contribution in [0, 0.1) is 17.7 Å². The van der Waals surface area contributed by atoms with Crippen molar-refractivity contribution in [1.82, 2.24) is 10.2 Å². The maximum absolute atomic E-state index is 13.7. The van der Waals surface area contributed by atoms with Crippen LogP contribution in [0.3, 0.4) is 0 Å². The molecule has 4 nitrogen and oxygen atoms in total. The average Bonchev–Trinajstić information content (AvgIpc) is 2.53. The molecule has 0 bridgehead atoms. The second-order valence-corrected chi connectivity index (χ2v) is 4.97. The van der Waals surface area contributed by atoms with Crippen LogP contribution in [-0.4, -0.2) is 35.7 Å². The van der Waals surface area contributed by atoms with E-state index in [2.05, 4.69) is 17.2 Å². The number of nitrogens with zero attached hydrogens (tertiary/aromatic N) is 1. The van der Waals surface area contributed by atoms with Crippen LogP contribution in [0.2, 0.25) is 0 Å². The van der Waals surface area contributed by atoms with Crippen molar-refractivity contribution in [3.8, 4) is 11.8 Å². The monoisotopic (exact) mass is 290 g/mol. The molecule has 0 spiro atoms. The predicted octanol–water partition coefficient (Wildman–Crippen LogP) is 1.87. The van der Waals surface area contributed by atoms with Gasteiger partial charge in [0.1, 0.15) is 12.4 Å². The first-order chi connectivity index (χ1) is 10.2. The zero-order valence-corrected chi connectivity index (χ0v) is 11.9. The number of hydrogen-bond donors (Lipinski definition) is 2. The molecule has 5 heteroatoms. The Morgan fingerprint density at radius 3 is 2.81 bits per heavy atom. The number of urea groups is 1. The first-order valence-electron chi connectivity index (χ1n) is 7.11. The topological polar surface area (TPSA) is 52.6 Å². The standard InChI is InChI=1S/C16H19FN2O2/c17-15-7-6-13(5-4-10-20)11-14(15)12-18-16(21)19-8-2-1-3-9-19/h6-7,11,20H,1-3,8-10,12H2,(H,18,21). The summed E-state index contributed by atoms with van der Waals surface area (Å²) in [4.78, 5) is 13.7. The van der Waals surface area contributed by atoms with E-state index >= 15 is 0 Å². The van der Waals surface area contributed by atoms with Crippen LogP contribution in [0.25, 0.3) is 0 Å². The van der Waals surface area contributed by atoms with Crippen LogP contribution in [-0.2, 0) is 6.54 Å². The third-order valence-corrected chi connectivity index (χ3v) is 3.43. The molecule has 2 rings (SSSR count). The molecular weight excluding hydrogens is 271 g/mol. The van der Waals surface area contributed by atoms with Gasteiger partial charge in [-0.15, -0.1) is 0 Å². The van der Waals surface area contributed by atoms with Gasteiger partial charge in [0.2, 0.25) is 0 Å². The highest BCUT2D eigenvalue weighted by atomic mass is 19.1. The normalized spacial score (nSPS) is 14.3. The number of aliphatic hydroxyl groups is 1. The van der Waals surface area contributed by atoms with E-state index in [1.54, 1.807) is 17.0 Å². The minimum atomic E-state index is -0.372. The third-order valence-electron chi connectivity index (χ3n) is 3.43. The molecule has 1 aromatic rings. The Morgan fingerprint density at radius 1 is 1.33 bits per heavy atom. The molecule has 0 aromatic heterocycles. The summed E-state index contributed by atoms with van der Waals surface area (Å²) in [5.74, 6) is 4.87. The second kappa shape index (κ2) is 7.65. The molecule has 1 aliphatic heterocycles. The average molecular weight is 290 g/mol. The summed E-state index contributed by atoms with van der Waals surface area (Å²) in [6.07, 6.45) is 3.20. The Kier molecular flexibility index (Phi) is 5.59. The summed E-state index contributed by atoms with van der Waals surface area (Å²) in [7, 11) is 0. The Hall–Kier alpha value is -2.06. The van der Waals surface area contributed by atoms with Gasteiger partial charge in [0.05, 0.1) is 0 Å². The fourth-order valence-electron chi connectivity index (χ4n) is 2.31. The maximum Gasteiger partial charge on any atom is 0.317 e. The van der Waals surface area contributed by atoms with Crippen LogP contribution < -0.4 is 5.32 Å². The maximum atomic E-state index is 13.7. The fourth-order valence-corrected chi connectivity index (χ4v) is 2.31. The summed E-state index contributed by atoms with van der Waals surface area (Å²) < 4.78 is 13.7. The van der Waals surface area contributed by atoms with E-state index in [0.717, 1.165) is 32.4 Å². The quantitative estimate of drug-likeness (QED) is 0.817. The van der Waals surface area contributed by atoms with E-state index in [1.165, 1.54) is 6.07 Å². The Balaban J connectivity index is 1.96. The number of hydrogen-bond acceptors (Lipinski definition) is 2. The van der Waals surface area contributed by atoms with E-state index in [0.29, 0.717) is 11.1 Å². The lowest BCUT2D eigenvalue weighted by molar-refractivity contribution is 0.186. The van der Waals surface area contributed by atoms with Crippen molar-refractivity contribution >= 4 is 6.03 Å². The number of nitrogens with one attached hydrogen (secondary N) is 1. The van der Waals surface area contributed by atoms with E-state index in [-0.39, 0.29) is 25.0 Å². The van der Waals surface area contributed by atoms with Crippen molar-refractivity contribution in [2.24, 2.45) is 0 Å². The summed E-state index contributed by atoms with van der Waals surface area (Å²) in [6.45, 7) is 1.42. The Labute approximate surface area is 124 Å². The van der Waals surface area contributed by atoms with Gasteiger partial charge in [0, 0.05) is 30.8 Å². The Morgan fingerprint density at radius 2 is 2.10 bits per heavy atom. The van der Waals surface area contributed by atoms with Crippen LogP contribution in [0.4, 0.5) is 9.18 Å². The number of rotatable bonds is 2. The number of likely N-dealkylation sites (tertiary alicyclic amines) is 1. The number of carbonyl (C=O) groups excluding carboxylic acids is 1. The van der Waals surface area contributed by atoms with Gasteiger partial charge >= 0.3 is 6.03 Å². The van der Waals surface area contributed by atoms with Gasteiger partial charge in [-0.1, -0.05) is 11.8 Å². The molecule has 2 amide bonds. The van der Waals surface area contributed by atoms with Crippen molar-refractivity contribution in [1.29, 1.82) is 0 Å². The third kappa shape index (κ3) is 4.47. The highest BCUT2D eigenvalue weighted by Crippen LogP contribution is 2.11. The molecule has 0 unspecified atom stereocenters. The fraction of sp³-hybridized carbons (Fsp3) is 0.438. The summed E-state index contributed by atoms with van der Waals surface area (Å²) in [6, 6.07) is 4.31. The highest BCUT2D eigenvalue weighted by Gasteiger charge is 2.16. The number of carbonyl (C=O) groups is 1. The zero-order valence-electron chi connectivity index (χ0n) is 11.9. The number of halogens is 1. The molecule has 1 heterocycles. The van der Waals surface area contributed by atoms with Gasteiger partial charge < -0.3 is 15.3 Å². The smallest absolute Gasteiger partial charge is 0.317 e. The van der Waals surface area contributed by atoms with E-state index in [1.807, 2.05) is 0 Å². The summed E-state index contributed by atoms with van der Waals surface area (Å²) in [5.41, 5.74) is 1.01. The molecule has 0 saturated carbocycles.